The number of ether oxygens (including phenoxy) is 1. The highest BCUT2D eigenvalue weighted by molar-refractivity contribution is 9.12. The predicted octanol–water partition coefficient (Wildman–Crippen LogP) is 5.52. The van der Waals surface area contributed by atoms with Crippen LogP contribution in [0, 0.1) is 0 Å². The van der Waals surface area contributed by atoms with Gasteiger partial charge in [0.05, 0.1) is 14.2 Å². The lowest BCUT2D eigenvalue weighted by molar-refractivity contribution is 0.219. The summed E-state index contributed by atoms with van der Waals surface area (Å²) in [5.41, 5.74) is 1.66. The second kappa shape index (κ2) is 6.72. The summed E-state index contributed by atoms with van der Waals surface area (Å²) in [6.45, 7) is 2.56. The van der Waals surface area contributed by atoms with Crippen molar-refractivity contribution < 1.29 is 9.84 Å². The number of thiophene rings is 1. The maximum atomic E-state index is 10.5. The van der Waals surface area contributed by atoms with E-state index >= 15 is 0 Å². The number of aliphatic hydroxyl groups is 1. The molecule has 1 aromatic carbocycles. The molecule has 1 atom stereocenters. The minimum absolute atomic E-state index is 0.622. The minimum atomic E-state index is -0.679. The van der Waals surface area contributed by atoms with E-state index in [1.165, 1.54) is 0 Å². The first kappa shape index (κ1) is 15.5. The second-order valence-corrected chi connectivity index (χ2v) is 8.40. The van der Waals surface area contributed by atoms with E-state index in [0.717, 1.165) is 28.9 Å². The van der Waals surface area contributed by atoms with Gasteiger partial charge in [0.25, 0.3) is 0 Å². The summed E-state index contributed by atoms with van der Waals surface area (Å²) >= 11 is 11.9. The first-order valence-electron chi connectivity index (χ1n) is 5.58. The normalized spacial score (nSPS) is 12.5. The molecule has 0 bridgehead atoms. The Bertz CT molecular complexity index is 583. The number of rotatable bonds is 4. The van der Waals surface area contributed by atoms with Crippen LogP contribution in [-0.2, 0) is 0 Å². The molecule has 6 heteroatoms. The van der Waals surface area contributed by atoms with Gasteiger partial charge in [-0.3, -0.25) is 0 Å². The fourth-order valence-corrected chi connectivity index (χ4v) is 5.15. The highest BCUT2D eigenvalue weighted by Crippen LogP contribution is 2.40. The number of benzene rings is 1. The minimum Gasteiger partial charge on any atom is -0.494 e. The van der Waals surface area contributed by atoms with Crippen LogP contribution in [0.2, 0.25) is 0 Å². The Balaban J connectivity index is 2.33. The average Bonchev–Trinajstić information content (AvgIpc) is 2.68. The third-order valence-electron chi connectivity index (χ3n) is 2.56. The molecule has 1 unspecified atom stereocenters. The van der Waals surface area contributed by atoms with E-state index in [-0.39, 0.29) is 0 Å². The van der Waals surface area contributed by atoms with Crippen LogP contribution in [0.3, 0.4) is 0 Å². The molecule has 1 aromatic heterocycles. The molecule has 0 aliphatic heterocycles. The molecule has 0 fully saturated rings. The molecule has 0 aliphatic carbocycles. The van der Waals surface area contributed by atoms with E-state index in [9.17, 15) is 5.11 Å². The summed E-state index contributed by atoms with van der Waals surface area (Å²) in [4.78, 5) is 0. The van der Waals surface area contributed by atoms with Crippen LogP contribution in [0.15, 0.2) is 36.3 Å². The van der Waals surface area contributed by atoms with E-state index in [0.29, 0.717) is 6.61 Å². The Morgan fingerprint density at radius 1 is 1.21 bits per heavy atom. The number of hydrogen-bond donors (Lipinski definition) is 1. The average molecular weight is 471 g/mol. The van der Waals surface area contributed by atoms with Crippen molar-refractivity contribution in [1.82, 2.24) is 0 Å². The van der Waals surface area contributed by atoms with Crippen molar-refractivity contribution in [2.45, 2.75) is 13.0 Å². The molecule has 0 saturated heterocycles. The summed E-state index contributed by atoms with van der Waals surface area (Å²) in [6, 6.07) is 7.53. The Hall–Kier alpha value is 0.120. The summed E-state index contributed by atoms with van der Waals surface area (Å²) in [7, 11) is 0. The zero-order chi connectivity index (χ0) is 14.0. The monoisotopic (exact) mass is 468 g/mol. The largest absolute Gasteiger partial charge is 0.494 e. The molecule has 0 aliphatic rings. The van der Waals surface area contributed by atoms with Crippen LogP contribution in [-0.4, -0.2) is 11.7 Å². The number of hydrogen-bond acceptors (Lipinski definition) is 3. The first-order chi connectivity index (χ1) is 9.02. The molecule has 0 saturated carbocycles. The summed E-state index contributed by atoms with van der Waals surface area (Å²) in [5, 5.41) is 10.5. The van der Waals surface area contributed by atoms with E-state index < -0.39 is 6.10 Å². The SMILES string of the molecule is CCOc1ccc(C(O)c2cc(Br)sc2Br)c(Br)c1. The molecule has 19 heavy (non-hydrogen) atoms. The first-order valence-corrected chi connectivity index (χ1v) is 8.77. The van der Waals surface area contributed by atoms with Crippen LogP contribution < -0.4 is 4.74 Å². The topological polar surface area (TPSA) is 29.5 Å². The third kappa shape index (κ3) is 3.61. The fourth-order valence-electron chi connectivity index (χ4n) is 1.69. The quantitative estimate of drug-likeness (QED) is 0.638. The Morgan fingerprint density at radius 3 is 2.47 bits per heavy atom. The van der Waals surface area contributed by atoms with E-state index in [1.54, 1.807) is 11.3 Å². The van der Waals surface area contributed by atoms with Crippen LogP contribution in [0.4, 0.5) is 0 Å². The highest BCUT2D eigenvalue weighted by Gasteiger charge is 2.19. The Morgan fingerprint density at radius 2 is 1.95 bits per heavy atom. The molecule has 0 amide bonds. The molecule has 2 aromatic rings. The van der Waals surface area contributed by atoms with Crippen molar-refractivity contribution in [2.75, 3.05) is 6.61 Å². The van der Waals surface area contributed by atoms with E-state index in [1.807, 2.05) is 31.2 Å². The zero-order valence-corrected chi connectivity index (χ0v) is 15.6. The van der Waals surface area contributed by atoms with Crippen molar-refractivity contribution in [3.8, 4) is 5.75 Å². The van der Waals surface area contributed by atoms with Crippen molar-refractivity contribution in [3.63, 3.8) is 0 Å². The smallest absolute Gasteiger partial charge is 0.120 e. The predicted molar refractivity (Wildman–Crippen MR) is 89.1 cm³/mol. The van der Waals surface area contributed by atoms with Gasteiger partial charge in [0, 0.05) is 10.0 Å². The molecule has 0 radical (unpaired) electrons. The van der Waals surface area contributed by atoms with Crippen molar-refractivity contribution >= 4 is 59.1 Å². The Labute approximate surface area is 141 Å². The lowest BCUT2D eigenvalue weighted by Crippen LogP contribution is -2.01. The number of halogens is 3. The molecular formula is C13H11Br3O2S. The van der Waals surface area contributed by atoms with Crippen LogP contribution >= 0.6 is 59.1 Å². The standard InChI is InChI=1S/C13H11Br3O2S/c1-2-18-7-3-4-8(10(14)5-7)12(17)9-6-11(15)19-13(9)16/h3-6,12,17H,2H2,1H3. The fraction of sp³-hybridized carbons (Fsp3) is 0.231. The third-order valence-corrected chi connectivity index (χ3v) is 5.63. The molecule has 1 N–H and O–H groups in total. The zero-order valence-electron chi connectivity index (χ0n) is 9.99. The Kier molecular flexibility index (Phi) is 5.48. The van der Waals surface area contributed by atoms with Gasteiger partial charge in [0.15, 0.2) is 0 Å². The second-order valence-electron chi connectivity index (χ2n) is 3.80. The molecule has 102 valence electrons. The molecular weight excluding hydrogens is 460 g/mol. The maximum Gasteiger partial charge on any atom is 0.120 e. The van der Waals surface area contributed by atoms with Crippen LogP contribution in [0.5, 0.6) is 5.75 Å². The van der Waals surface area contributed by atoms with Gasteiger partial charge in [-0.2, -0.15) is 0 Å². The molecule has 1 heterocycles. The highest BCUT2D eigenvalue weighted by atomic mass is 79.9. The van der Waals surface area contributed by atoms with Crippen molar-refractivity contribution in [3.05, 3.63) is 47.4 Å². The van der Waals surface area contributed by atoms with Crippen molar-refractivity contribution in [1.29, 1.82) is 0 Å². The van der Waals surface area contributed by atoms with Gasteiger partial charge < -0.3 is 9.84 Å². The molecule has 0 spiro atoms. The van der Waals surface area contributed by atoms with Crippen LogP contribution in [0.25, 0.3) is 0 Å². The lowest BCUT2D eigenvalue weighted by atomic mass is 10.0. The summed E-state index contributed by atoms with van der Waals surface area (Å²) in [6.07, 6.45) is -0.679. The van der Waals surface area contributed by atoms with Crippen LogP contribution in [0.1, 0.15) is 24.2 Å². The van der Waals surface area contributed by atoms with Gasteiger partial charge >= 0.3 is 0 Å². The van der Waals surface area contributed by atoms with E-state index in [4.69, 9.17) is 4.74 Å². The summed E-state index contributed by atoms with van der Waals surface area (Å²) < 4.78 is 8.17. The van der Waals surface area contributed by atoms with Gasteiger partial charge in [-0.15, -0.1) is 11.3 Å². The van der Waals surface area contributed by atoms with Crippen molar-refractivity contribution in [2.24, 2.45) is 0 Å². The van der Waals surface area contributed by atoms with Gasteiger partial charge in [-0.05, 0) is 62.5 Å². The lowest BCUT2D eigenvalue weighted by Gasteiger charge is -2.13. The van der Waals surface area contributed by atoms with E-state index in [2.05, 4.69) is 47.8 Å². The number of aliphatic hydroxyl groups excluding tert-OH is 1. The molecule has 2 nitrogen and oxygen atoms in total. The molecule has 2 rings (SSSR count). The van der Waals surface area contributed by atoms with Gasteiger partial charge in [-0.1, -0.05) is 22.0 Å². The van der Waals surface area contributed by atoms with Gasteiger partial charge in [-0.25, -0.2) is 0 Å². The summed E-state index contributed by atoms with van der Waals surface area (Å²) in [5.74, 6) is 0.788. The van der Waals surface area contributed by atoms with Gasteiger partial charge in [0.1, 0.15) is 11.9 Å². The van der Waals surface area contributed by atoms with Gasteiger partial charge in [0.2, 0.25) is 0 Å². The maximum absolute atomic E-state index is 10.5.